The fourth-order valence-electron chi connectivity index (χ4n) is 4.54. The van der Waals surface area contributed by atoms with Crippen molar-refractivity contribution in [3.8, 4) is 0 Å². The van der Waals surface area contributed by atoms with Gasteiger partial charge in [0, 0.05) is 18.7 Å². The lowest BCUT2D eigenvalue weighted by Crippen LogP contribution is -2.61. The van der Waals surface area contributed by atoms with Crippen LogP contribution >= 0.6 is 11.8 Å². The zero-order valence-electron chi connectivity index (χ0n) is 28.6. The number of amides is 7. The highest BCUT2D eigenvalue weighted by Gasteiger charge is 2.38. The van der Waals surface area contributed by atoms with Gasteiger partial charge in [0.05, 0.1) is 19.4 Å². The Kier molecular flexibility index (Phi) is 18.2. The minimum absolute atomic E-state index is 0.0394. The van der Waals surface area contributed by atoms with Crippen molar-refractivity contribution < 1.29 is 53.4 Å². The van der Waals surface area contributed by atoms with E-state index in [0.717, 1.165) is 0 Å². The first-order valence-corrected chi connectivity index (χ1v) is 17.0. The molecular weight excluding hydrogens is 696 g/mol. The van der Waals surface area contributed by atoms with E-state index in [9.17, 15) is 53.4 Å². The maximum absolute atomic E-state index is 13.4. The van der Waals surface area contributed by atoms with Crippen molar-refractivity contribution in [3.05, 3.63) is 0 Å². The van der Waals surface area contributed by atoms with Gasteiger partial charge in [0.1, 0.15) is 30.2 Å². The number of primary amides is 1. The average Bonchev–Trinajstić information content (AvgIpc) is 3.00. The van der Waals surface area contributed by atoms with Crippen molar-refractivity contribution in [3.63, 3.8) is 0 Å². The zero-order valence-corrected chi connectivity index (χ0v) is 29.4. The van der Waals surface area contributed by atoms with Crippen molar-refractivity contribution in [1.29, 1.82) is 0 Å². The highest BCUT2D eigenvalue weighted by atomic mass is 32.2. The molecule has 7 amide bonds. The number of thioether (sulfide) groups is 1. The molecule has 286 valence electrons. The number of carbonyl (C=O) groups excluding carboxylic acids is 7. The van der Waals surface area contributed by atoms with Crippen LogP contribution in [0, 0.1) is 5.41 Å². The average molecular weight is 745 g/mol. The summed E-state index contributed by atoms with van der Waals surface area (Å²) in [6.07, 6.45) is -1.72. The fraction of sp³-hybridized carbons (Fsp3) is 0.655. The molecule has 1 aliphatic rings. The molecule has 0 bridgehead atoms. The Morgan fingerprint density at radius 1 is 0.765 bits per heavy atom. The summed E-state index contributed by atoms with van der Waals surface area (Å²) in [6, 6.07) is -7.43. The SMILES string of the molecule is CC(C)(C)C1NC(=O)C(CC(=O)O)NC(=O)[C@@H](CC(=O)O)NC(=O)CNC(=O)[C@@H](CCCN=C(N)N)NC(=O)CCSCCC(C(N)=O)NC1=O. The molecule has 0 aromatic heterocycles. The van der Waals surface area contributed by atoms with E-state index in [0.29, 0.717) is 0 Å². The number of aliphatic imine (C=N–C) groups is 1. The van der Waals surface area contributed by atoms with E-state index in [1.807, 2.05) is 0 Å². The van der Waals surface area contributed by atoms with E-state index >= 15 is 0 Å². The predicted molar refractivity (Wildman–Crippen MR) is 182 cm³/mol. The van der Waals surface area contributed by atoms with Gasteiger partial charge < -0.3 is 59.3 Å². The van der Waals surface area contributed by atoms with Crippen molar-refractivity contribution in [2.24, 2.45) is 27.6 Å². The third-order valence-electron chi connectivity index (χ3n) is 7.16. The minimum atomic E-state index is -1.85. The highest BCUT2D eigenvalue weighted by molar-refractivity contribution is 7.99. The summed E-state index contributed by atoms with van der Waals surface area (Å²) < 4.78 is 0. The number of aliphatic carboxylic acids is 2. The van der Waals surface area contributed by atoms with Gasteiger partial charge in [0.25, 0.3) is 0 Å². The highest BCUT2D eigenvalue weighted by Crippen LogP contribution is 2.20. The Morgan fingerprint density at radius 2 is 1.33 bits per heavy atom. The molecule has 0 aliphatic carbocycles. The summed E-state index contributed by atoms with van der Waals surface area (Å²) in [5.74, 6) is -9.25. The Balaban J connectivity index is 3.45. The van der Waals surface area contributed by atoms with Crippen molar-refractivity contribution >= 4 is 71.0 Å². The van der Waals surface area contributed by atoms with Gasteiger partial charge in [-0.2, -0.15) is 11.8 Å². The minimum Gasteiger partial charge on any atom is -0.481 e. The second-order valence-electron chi connectivity index (χ2n) is 12.6. The fourth-order valence-corrected chi connectivity index (χ4v) is 5.48. The smallest absolute Gasteiger partial charge is 0.305 e. The number of hydrogen-bond donors (Lipinski definition) is 11. The van der Waals surface area contributed by atoms with Gasteiger partial charge in [-0.3, -0.25) is 48.1 Å². The Hall–Kier alpha value is -5.15. The second kappa shape index (κ2) is 21.2. The van der Waals surface area contributed by atoms with Crippen LogP contribution in [0.4, 0.5) is 0 Å². The second-order valence-corrected chi connectivity index (χ2v) is 13.8. The first-order valence-electron chi connectivity index (χ1n) is 15.8. The van der Waals surface area contributed by atoms with Gasteiger partial charge >= 0.3 is 11.9 Å². The van der Waals surface area contributed by atoms with Crippen LogP contribution in [0.2, 0.25) is 0 Å². The van der Waals surface area contributed by atoms with Crippen LogP contribution in [-0.4, -0.2) is 124 Å². The molecule has 5 atom stereocenters. The number of hydrogen-bond acceptors (Lipinski definition) is 11. The standard InChI is InChI=1S/C29H48N10O11S/c1-29(2,3)22-27(50)37-14(23(30)46)6-9-51-10-7-18(40)35-15(5-4-8-33-28(31)32)24(47)34-13-19(41)36-16(11-20(42)43)25(48)38-17(12-21(44)45)26(49)39-22/h14-17,22H,4-13H2,1-3H3,(H2,30,46)(H,34,47)(H,35,40)(H,36,41)(H,37,50)(H,38,48)(H,39,49)(H,42,43)(H,44,45)(H4,31,32,33)/t14?,15-,16-,17?,22?/m1/s1. The lowest BCUT2D eigenvalue weighted by molar-refractivity contribution is -0.143. The summed E-state index contributed by atoms with van der Waals surface area (Å²) in [5.41, 5.74) is 15.1. The Morgan fingerprint density at radius 3 is 1.88 bits per heavy atom. The predicted octanol–water partition coefficient (Wildman–Crippen LogP) is -4.41. The molecule has 14 N–H and O–H groups in total. The number of carboxylic acids is 2. The summed E-state index contributed by atoms with van der Waals surface area (Å²) in [4.78, 5) is 118. The number of carbonyl (C=O) groups is 9. The zero-order chi connectivity index (χ0) is 38.9. The number of nitrogens with two attached hydrogens (primary N) is 3. The van der Waals surface area contributed by atoms with Gasteiger partial charge in [-0.1, -0.05) is 20.8 Å². The first kappa shape index (κ1) is 43.9. The number of nitrogens with one attached hydrogen (secondary N) is 6. The molecule has 3 unspecified atom stereocenters. The van der Waals surface area contributed by atoms with Gasteiger partial charge in [-0.05, 0) is 30.4 Å². The van der Waals surface area contributed by atoms with E-state index < -0.39 is 108 Å². The number of rotatable bonds is 9. The summed E-state index contributed by atoms with van der Waals surface area (Å²) in [6.45, 7) is 4.07. The molecule has 0 spiro atoms. The van der Waals surface area contributed by atoms with Gasteiger partial charge in [-0.25, -0.2) is 0 Å². The maximum Gasteiger partial charge on any atom is 0.305 e. The molecule has 1 aliphatic heterocycles. The molecule has 1 fully saturated rings. The molecule has 0 radical (unpaired) electrons. The van der Waals surface area contributed by atoms with Gasteiger partial charge in [0.2, 0.25) is 41.4 Å². The molecule has 51 heavy (non-hydrogen) atoms. The van der Waals surface area contributed by atoms with Crippen molar-refractivity contribution in [2.75, 3.05) is 24.6 Å². The topological polar surface area (TPSA) is 357 Å². The molecule has 21 nitrogen and oxygen atoms in total. The van der Waals surface area contributed by atoms with Crippen molar-refractivity contribution in [2.45, 2.75) is 89.5 Å². The number of guanidine groups is 1. The quantitative estimate of drug-likeness (QED) is 0.0603. The van der Waals surface area contributed by atoms with Crippen LogP contribution in [0.5, 0.6) is 0 Å². The molecule has 1 heterocycles. The van der Waals surface area contributed by atoms with Gasteiger partial charge in [0.15, 0.2) is 5.96 Å². The van der Waals surface area contributed by atoms with Crippen LogP contribution in [-0.2, 0) is 43.2 Å². The van der Waals surface area contributed by atoms with E-state index in [4.69, 9.17) is 17.2 Å². The van der Waals surface area contributed by atoms with Gasteiger partial charge in [-0.15, -0.1) is 0 Å². The molecule has 0 saturated carbocycles. The number of nitrogens with zero attached hydrogens (tertiary/aromatic N) is 1. The third kappa shape index (κ3) is 17.4. The molecular formula is C29H48N10O11S. The molecule has 1 rings (SSSR count). The first-order chi connectivity index (χ1) is 23.7. The maximum atomic E-state index is 13.4. The monoisotopic (exact) mass is 744 g/mol. The van der Waals surface area contributed by atoms with E-state index in [1.54, 1.807) is 20.8 Å². The summed E-state index contributed by atoms with van der Waals surface area (Å²) in [7, 11) is 0. The van der Waals surface area contributed by atoms with E-state index in [1.165, 1.54) is 11.8 Å². The van der Waals surface area contributed by atoms with Crippen molar-refractivity contribution in [1.82, 2.24) is 31.9 Å². The number of carboxylic acid groups (broad SMARTS) is 2. The summed E-state index contributed by atoms with van der Waals surface area (Å²) in [5, 5.41) is 32.8. The molecule has 0 aromatic carbocycles. The third-order valence-corrected chi connectivity index (χ3v) is 8.18. The largest absolute Gasteiger partial charge is 0.481 e. The van der Waals surface area contributed by atoms with Crippen LogP contribution in [0.15, 0.2) is 4.99 Å². The Bertz CT molecular complexity index is 1350. The molecule has 0 aromatic rings. The van der Waals surface area contributed by atoms with Crippen LogP contribution in [0.3, 0.4) is 0 Å². The lowest BCUT2D eigenvalue weighted by atomic mass is 9.85. The van der Waals surface area contributed by atoms with E-state index in [-0.39, 0.29) is 49.7 Å². The van der Waals surface area contributed by atoms with Crippen LogP contribution < -0.4 is 49.1 Å². The Labute approximate surface area is 297 Å². The van der Waals surface area contributed by atoms with Crippen LogP contribution in [0.25, 0.3) is 0 Å². The van der Waals surface area contributed by atoms with Crippen LogP contribution in [0.1, 0.15) is 59.3 Å². The molecule has 22 heteroatoms. The molecule has 1 saturated heterocycles. The lowest BCUT2D eigenvalue weighted by Gasteiger charge is -2.33. The normalized spacial score (nSPS) is 23.9. The summed E-state index contributed by atoms with van der Waals surface area (Å²) >= 11 is 1.25. The van der Waals surface area contributed by atoms with E-state index in [2.05, 4.69) is 36.9 Å².